The fourth-order valence-corrected chi connectivity index (χ4v) is 3.07. The zero-order valence-electron chi connectivity index (χ0n) is 11.1. The Balaban J connectivity index is 1.99. The van der Waals surface area contributed by atoms with Crippen LogP contribution >= 0.6 is 0 Å². The van der Waals surface area contributed by atoms with Gasteiger partial charge in [-0.05, 0) is 47.1 Å². The van der Waals surface area contributed by atoms with Gasteiger partial charge in [0.05, 0.1) is 0 Å². The van der Waals surface area contributed by atoms with Gasteiger partial charge in [-0.15, -0.1) is 0 Å². The number of rotatable bonds is 3. The highest BCUT2D eigenvalue weighted by Gasteiger charge is 2.30. The van der Waals surface area contributed by atoms with E-state index in [1.165, 1.54) is 47.1 Å². The van der Waals surface area contributed by atoms with Crippen LogP contribution in [0.15, 0.2) is 43.0 Å². The maximum absolute atomic E-state index is 4.33. The van der Waals surface area contributed by atoms with Gasteiger partial charge in [0.25, 0.3) is 0 Å². The van der Waals surface area contributed by atoms with E-state index in [1.54, 1.807) is 0 Å². The molecule has 0 N–H and O–H groups in total. The molecule has 0 bridgehead atoms. The van der Waals surface area contributed by atoms with Crippen molar-refractivity contribution in [2.24, 2.45) is 5.92 Å². The van der Waals surface area contributed by atoms with Gasteiger partial charge in [-0.2, -0.15) is 0 Å². The Bertz CT molecular complexity index is 543. The van der Waals surface area contributed by atoms with Gasteiger partial charge in [0, 0.05) is 5.92 Å². The van der Waals surface area contributed by atoms with Crippen LogP contribution in [0.1, 0.15) is 42.9 Å². The fourth-order valence-electron chi connectivity index (χ4n) is 3.07. The molecule has 92 valence electrons. The summed E-state index contributed by atoms with van der Waals surface area (Å²) < 4.78 is 0. The van der Waals surface area contributed by atoms with Crippen molar-refractivity contribution < 1.29 is 0 Å². The van der Waals surface area contributed by atoms with Crippen molar-refractivity contribution in [2.75, 3.05) is 0 Å². The quantitative estimate of drug-likeness (QED) is 0.691. The molecule has 0 aliphatic heterocycles. The molecule has 1 atom stereocenters. The van der Waals surface area contributed by atoms with Gasteiger partial charge >= 0.3 is 0 Å². The van der Waals surface area contributed by atoms with E-state index in [2.05, 4.69) is 49.9 Å². The van der Waals surface area contributed by atoms with E-state index in [0.717, 1.165) is 6.42 Å². The molecule has 2 aliphatic rings. The normalized spacial score (nSPS) is 20.6. The predicted molar refractivity (Wildman–Crippen MR) is 79.3 cm³/mol. The van der Waals surface area contributed by atoms with Crippen molar-refractivity contribution in [3.05, 3.63) is 59.7 Å². The summed E-state index contributed by atoms with van der Waals surface area (Å²) in [5.74, 6) is 0.534. The number of unbranched alkanes of at least 4 members (excludes halogenated alkanes) is 1. The van der Waals surface area contributed by atoms with Crippen LogP contribution in [0.5, 0.6) is 0 Å². The summed E-state index contributed by atoms with van der Waals surface area (Å²) >= 11 is 0. The average Bonchev–Trinajstić information content (AvgIpc) is 2.71. The molecule has 0 amide bonds. The lowest BCUT2D eigenvalue weighted by Crippen LogP contribution is -1.97. The minimum atomic E-state index is 0.534. The van der Waals surface area contributed by atoms with Crippen molar-refractivity contribution in [3.63, 3.8) is 0 Å². The lowest BCUT2D eigenvalue weighted by Gasteiger charge is -2.13. The lowest BCUT2D eigenvalue weighted by atomic mass is 9.90. The van der Waals surface area contributed by atoms with Crippen LogP contribution in [0.4, 0.5) is 0 Å². The Morgan fingerprint density at radius 3 is 3.00 bits per heavy atom. The molecule has 1 unspecified atom stereocenters. The minimum Gasteiger partial charge on any atom is -0.0946 e. The van der Waals surface area contributed by atoms with Gasteiger partial charge in [-0.3, -0.25) is 0 Å². The van der Waals surface area contributed by atoms with Crippen LogP contribution in [-0.4, -0.2) is 0 Å². The first-order valence-electron chi connectivity index (χ1n) is 7.00. The van der Waals surface area contributed by atoms with Crippen molar-refractivity contribution in [3.8, 4) is 0 Å². The standard InChI is InChI=1S/C18H20/c1-3-4-7-14-10-11-17-16-9-6-5-8-15(16)13(2)18(17)12-14/h5-6,9-12,15H,2-4,7-8H2,1H3. The first-order valence-corrected chi connectivity index (χ1v) is 7.00. The summed E-state index contributed by atoms with van der Waals surface area (Å²) in [5.41, 5.74) is 7.06. The Labute approximate surface area is 110 Å². The molecule has 0 saturated heterocycles. The third-order valence-corrected chi connectivity index (χ3v) is 4.14. The SMILES string of the molecule is C=C1c2cc(CCCC)ccc2C2=CC=CCC12. The second-order valence-electron chi connectivity index (χ2n) is 5.35. The van der Waals surface area contributed by atoms with Crippen molar-refractivity contribution in [1.29, 1.82) is 0 Å². The fraction of sp³-hybridized carbons (Fsp3) is 0.333. The summed E-state index contributed by atoms with van der Waals surface area (Å²) in [7, 11) is 0. The number of aryl methyl sites for hydroxylation is 1. The van der Waals surface area contributed by atoms with E-state index in [1.807, 2.05) is 0 Å². The molecule has 0 heteroatoms. The lowest BCUT2D eigenvalue weighted by molar-refractivity contribution is 0.795. The largest absolute Gasteiger partial charge is 0.0946 e. The monoisotopic (exact) mass is 236 g/mol. The van der Waals surface area contributed by atoms with Gasteiger partial charge in [0.2, 0.25) is 0 Å². The average molecular weight is 236 g/mol. The Hall–Kier alpha value is -1.56. The number of fused-ring (bicyclic) bond motifs is 3. The molecule has 1 aromatic rings. The highest BCUT2D eigenvalue weighted by molar-refractivity contribution is 5.95. The number of benzene rings is 1. The van der Waals surface area contributed by atoms with Crippen LogP contribution in [0, 0.1) is 5.92 Å². The van der Waals surface area contributed by atoms with E-state index in [-0.39, 0.29) is 0 Å². The number of hydrogen-bond acceptors (Lipinski definition) is 0. The van der Waals surface area contributed by atoms with Gasteiger partial charge in [-0.25, -0.2) is 0 Å². The molecular formula is C18H20. The molecular weight excluding hydrogens is 216 g/mol. The van der Waals surface area contributed by atoms with E-state index >= 15 is 0 Å². The molecule has 2 aliphatic carbocycles. The molecule has 0 spiro atoms. The van der Waals surface area contributed by atoms with Crippen LogP contribution < -0.4 is 0 Å². The Morgan fingerprint density at radius 2 is 2.17 bits per heavy atom. The molecule has 1 aromatic carbocycles. The zero-order valence-corrected chi connectivity index (χ0v) is 11.1. The Kier molecular flexibility index (Phi) is 2.95. The second-order valence-corrected chi connectivity index (χ2v) is 5.35. The molecule has 0 fully saturated rings. The predicted octanol–water partition coefficient (Wildman–Crippen LogP) is 5.02. The molecule has 0 saturated carbocycles. The molecule has 18 heavy (non-hydrogen) atoms. The molecule has 0 aromatic heterocycles. The number of hydrogen-bond donors (Lipinski definition) is 0. The third kappa shape index (κ3) is 1.77. The van der Waals surface area contributed by atoms with Crippen molar-refractivity contribution in [1.82, 2.24) is 0 Å². The highest BCUT2D eigenvalue weighted by Crippen LogP contribution is 2.47. The van der Waals surface area contributed by atoms with Crippen LogP contribution in [0.25, 0.3) is 11.1 Å². The maximum Gasteiger partial charge on any atom is 0.0130 e. The van der Waals surface area contributed by atoms with E-state index in [0.29, 0.717) is 5.92 Å². The van der Waals surface area contributed by atoms with Crippen molar-refractivity contribution >= 4 is 11.1 Å². The summed E-state index contributed by atoms with van der Waals surface area (Å²) in [6.45, 7) is 6.57. The second kappa shape index (κ2) is 4.61. The van der Waals surface area contributed by atoms with Crippen molar-refractivity contribution in [2.45, 2.75) is 32.6 Å². The Morgan fingerprint density at radius 1 is 1.28 bits per heavy atom. The molecule has 0 heterocycles. The van der Waals surface area contributed by atoms with Crippen LogP contribution in [0.3, 0.4) is 0 Å². The first kappa shape index (κ1) is 11.5. The maximum atomic E-state index is 4.33. The smallest absolute Gasteiger partial charge is 0.0130 e. The first-order chi connectivity index (χ1) is 8.81. The molecule has 0 nitrogen and oxygen atoms in total. The van der Waals surface area contributed by atoms with E-state index < -0.39 is 0 Å². The highest BCUT2D eigenvalue weighted by atomic mass is 14.3. The van der Waals surface area contributed by atoms with Gasteiger partial charge < -0.3 is 0 Å². The van der Waals surface area contributed by atoms with Crippen LogP contribution in [-0.2, 0) is 6.42 Å². The van der Waals surface area contributed by atoms with E-state index in [4.69, 9.17) is 0 Å². The zero-order chi connectivity index (χ0) is 12.5. The number of allylic oxidation sites excluding steroid dienone is 5. The van der Waals surface area contributed by atoms with Gasteiger partial charge in [0.15, 0.2) is 0 Å². The summed E-state index contributed by atoms with van der Waals surface area (Å²) in [6.07, 6.45) is 11.5. The van der Waals surface area contributed by atoms with E-state index in [9.17, 15) is 0 Å². The van der Waals surface area contributed by atoms with Crippen LogP contribution in [0.2, 0.25) is 0 Å². The summed E-state index contributed by atoms with van der Waals surface area (Å²) in [5, 5.41) is 0. The minimum absolute atomic E-state index is 0.534. The topological polar surface area (TPSA) is 0 Å². The van der Waals surface area contributed by atoms with Gasteiger partial charge in [0.1, 0.15) is 0 Å². The summed E-state index contributed by atoms with van der Waals surface area (Å²) in [4.78, 5) is 0. The summed E-state index contributed by atoms with van der Waals surface area (Å²) in [6, 6.07) is 6.96. The van der Waals surface area contributed by atoms with Gasteiger partial charge in [-0.1, -0.05) is 56.4 Å². The molecule has 3 rings (SSSR count). The molecule has 0 radical (unpaired) electrons. The third-order valence-electron chi connectivity index (χ3n) is 4.14.